The van der Waals surface area contributed by atoms with E-state index in [1.54, 1.807) is 51.1 Å². The van der Waals surface area contributed by atoms with Crippen LogP contribution >= 0.6 is 0 Å². The van der Waals surface area contributed by atoms with Crippen molar-refractivity contribution in [2.75, 3.05) is 44.8 Å². The van der Waals surface area contributed by atoms with Gasteiger partial charge in [-0.25, -0.2) is 4.98 Å². The molecule has 0 spiro atoms. The highest BCUT2D eigenvalue weighted by atomic mass is 16.7. The van der Waals surface area contributed by atoms with Crippen molar-refractivity contribution in [3.8, 4) is 17.6 Å². The number of aliphatic hydroxyl groups excluding tert-OH is 1. The number of likely N-dealkylation sites (tertiary alicyclic amines) is 1. The lowest BCUT2D eigenvalue weighted by Gasteiger charge is -2.40. The molecule has 0 aliphatic carbocycles. The van der Waals surface area contributed by atoms with Gasteiger partial charge >= 0.3 is 0 Å². The van der Waals surface area contributed by atoms with Crippen LogP contribution in [0, 0.1) is 16.7 Å². The normalized spacial score (nSPS) is 27.1. The minimum Gasteiger partial charge on any atom is -0.493 e. The second-order valence-corrected chi connectivity index (χ2v) is 11.3. The Labute approximate surface area is 229 Å². The molecule has 39 heavy (non-hydrogen) atoms. The van der Waals surface area contributed by atoms with Gasteiger partial charge in [0.1, 0.15) is 11.9 Å². The molecule has 3 aliphatic heterocycles. The van der Waals surface area contributed by atoms with Crippen molar-refractivity contribution >= 4 is 11.7 Å². The molecule has 4 heterocycles. The first-order valence-corrected chi connectivity index (χ1v) is 13.3. The molecule has 3 saturated heterocycles. The molecule has 2 aromatic rings. The van der Waals surface area contributed by atoms with E-state index in [0.717, 1.165) is 11.4 Å². The number of hydrogen-bond acceptors (Lipinski definition) is 9. The molecule has 1 N–H and O–H groups in total. The predicted octanol–water partition coefficient (Wildman–Crippen LogP) is 2.69. The molecular formula is C29H36N4O6. The van der Waals surface area contributed by atoms with Gasteiger partial charge in [-0.15, -0.1) is 0 Å². The van der Waals surface area contributed by atoms with Gasteiger partial charge in [0.15, 0.2) is 23.4 Å². The van der Waals surface area contributed by atoms with E-state index < -0.39 is 23.4 Å². The summed E-state index contributed by atoms with van der Waals surface area (Å²) < 4.78 is 23.4. The van der Waals surface area contributed by atoms with Gasteiger partial charge in [0.05, 0.1) is 44.5 Å². The van der Waals surface area contributed by atoms with Crippen LogP contribution in [0.2, 0.25) is 0 Å². The highest BCUT2D eigenvalue weighted by Gasteiger charge is 2.50. The van der Waals surface area contributed by atoms with Crippen molar-refractivity contribution in [3.05, 3.63) is 47.7 Å². The van der Waals surface area contributed by atoms with Gasteiger partial charge in [-0.1, -0.05) is 13.0 Å². The average Bonchev–Trinajstić information content (AvgIpc) is 3.45. The number of rotatable bonds is 7. The van der Waals surface area contributed by atoms with Crippen LogP contribution in [-0.4, -0.2) is 84.9 Å². The van der Waals surface area contributed by atoms with Crippen molar-refractivity contribution in [3.63, 3.8) is 0 Å². The van der Waals surface area contributed by atoms with Gasteiger partial charge in [-0.2, -0.15) is 5.26 Å². The third kappa shape index (κ3) is 5.26. The fourth-order valence-electron chi connectivity index (χ4n) is 5.65. The number of aromatic nitrogens is 1. The first-order chi connectivity index (χ1) is 18.5. The third-order valence-electron chi connectivity index (χ3n) is 8.21. The SMILES string of the molecule is COc1ccc([C@@H]2CN(C(=O)[C@@H]3COC(C)(C)O3)C[C@@]2(C)[C@@H](C)O)cc1OC1CN(c2cc(C#N)ccn2)C1. The quantitative estimate of drug-likeness (QED) is 0.570. The average molecular weight is 537 g/mol. The Hall–Kier alpha value is -3.39. The van der Waals surface area contributed by atoms with Gasteiger partial charge in [0.2, 0.25) is 0 Å². The van der Waals surface area contributed by atoms with E-state index in [1.165, 1.54) is 0 Å². The molecular weight excluding hydrogens is 500 g/mol. The zero-order chi connectivity index (χ0) is 27.9. The van der Waals surface area contributed by atoms with Crippen LogP contribution in [0.25, 0.3) is 0 Å². The van der Waals surface area contributed by atoms with E-state index in [2.05, 4.69) is 16.0 Å². The van der Waals surface area contributed by atoms with Gasteiger partial charge < -0.3 is 33.9 Å². The van der Waals surface area contributed by atoms with E-state index in [9.17, 15) is 9.90 Å². The lowest BCUT2D eigenvalue weighted by molar-refractivity contribution is -0.159. The molecule has 0 saturated carbocycles. The summed E-state index contributed by atoms with van der Waals surface area (Å²) in [6, 6.07) is 11.4. The van der Waals surface area contributed by atoms with Gasteiger partial charge in [0, 0.05) is 30.6 Å². The number of hydrogen-bond donors (Lipinski definition) is 1. The number of amides is 1. The Morgan fingerprint density at radius 3 is 2.62 bits per heavy atom. The number of pyridine rings is 1. The van der Waals surface area contributed by atoms with Crippen molar-refractivity contribution < 1.29 is 28.8 Å². The molecule has 1 aromatic heterocycles. The number of nitrogens with zero attached hydrogens (tertiary/aromatic N) is 4. The zero-order valence-corrected chi connectivity index (χ0v) is 23.1. The van der Waals surface area contributed by atoms with Crippen LogP contribution in [0.15, 0.2) is 36.5 Å². The van der Waals surface area contributed by atoms with Crippen molar-refractivity contribution in [1.82, 2.24) is 9.88 Å². The summed E-state index contributed by atoms with van der Waals surface area (Å²) >= 11 is 0. The maximum Gasteiger partial charge on any atom is 0.254 e. The fourth-order valence-corrected chi connectivity index (χ4v) is 5.65. The lowest BCUT2D eigenvalue weighted by Crippen LogP contribution is -2.54. The molecule has 1 aromatic carbocycles. The number of ether oxygens (including phenoxy) is 4. The number of carbonyl (C=O) groups excluding carboxylic acids is 1. The number of benzene rings is 1. The Morgan fingerprint density at radius 2 is 1.97 bits per heavy atom. The molecule has 0 radical (unpaired) electrons. The smallest absolute Gasteiger partial charge is 0.254 e. The lowest BCUT2D eigenvalue weighted by atomic mass is 9.72. The summed E-state index contributed by atoms with van der Waals surface area (Å²) in [6.45, 7) is 9.72. The molecule has 10 nitrogen and oxygen atoms in total. The van der Waals surface area contributed by atoms with Gasteiger partial charge in [-0.3, -0.25) is 4.79 Å². The summed E-state index contributed by atoms with van der Waals surface area (Å²) in [6.07, 6.45) is 0.252. The van der Waals surface area contributed by atoms with Crippen LogP contribution in [0.5, 0.6) is 11.5 Å². The molecule has 5 rings (SSSR count). The maximum absolute atomic E-state index is 13.3. The highest BCUT2D eigenvalue weighted by molar-refractivity contribution is 5.82. The number of aliphatic hydroxyl groups is 1. The molecule has 1 amide bonds. The molecule has 0 unspecified atom stereocenters. The molecule has 3 fully saturated rings. The molecule has 4 atom stereocenters. The van der Waals surface area contributed by atoms with Crippen LogP contribution in [0.1, 0.15) is 44.7 Å². The van der Waals surface area contributed by atoms with Crippen LogP contribution in [-0.2, 0) is 14.3 Å². The molecule has 208 valence electrons. The molecule has 0 bridgehead atoms. The summed E-state index contributed by atoms with van der Waals surface area (Å²) in [5.41, 5.74) is 0.967. The highest BCUT2D eigenvalue weighted by Crippen LogP contribution is 2.47. The molecule has 10 heteroatoms. The van der Waals surface area contributed by atoms with E-state index in [1.807, 2.05) is 25.1 Å². The summed E-state index contributed by atoms with van der Waals surface area (Å²) in [4.78, 5) is 21.5. The van der Waals surface area contributed by atoms with E-state index >= 15 is 0 Å². The summed E-state index contributed by atoms with van der Waals surface area (Å²) in [5.74, 6) is 0.944. The summed E-state index contributed by atoms with van der Waals surface area (Å²) in [7, 11) is 1.60. The number of carbonyl (C=O) groups is 1. The van der Waals surface area contributed by atoms with Crippen molar-refractivity contribution in [2.45, 2.75) is 57.7 Å². The zero-order valence-electron chi connectivity index (χ0n) is 23.1. The Bertz CT molecular complexity index is 1270. The fraction of sp³-hybridized carbons (Fsp3) is 0.552. The van der Waals surface area contributed by atoms with Crippen molar-refractivity contribution in [2.24, 2.45) is 5.41 Å². The molecule has 3 aliphatic rings. The number of methoxy groups -OCH3 is 1. The summed E-state index contributed by atoms with van der Waals surface area (Å²) in [5, 5.41) is 20.0. The largest absolute Gasteiger partial charge is 0.493 e. The van der Waals surface area contributed by atoms with Gasteiger partial charge in [-0.05, 0) is 50.6 Å². The third-order valence-corrected chi connectivity index (χ3v) is 8.21. The number of anilines is 1. The minimum absolute atomic E-state index is 0.0747. The second-order valence-electron chi connectivity index (χ2n) is 11.3. The minimum atomic E-state index is -0.791. The van der Waals surface area contributed by atoms with E-state index in [-0.39, 0.29) is 24.5 Å². The van der Waals surface area contributed by atoms with Gasteiger partial charge in [0.25, 0.3) is 5.91 Å². The van der Waals surface area contributed by atoms with Crippen LogP contribution < -0.4 is 14.4 Å². The number of nitriles is 1. The first-order valence-electron chi connectivity index (χ1n) is 13.3. The first kappa shape index (κ1) is 27.2. The Morgan fingerprint density at radius 1 is 1.21 bits per heavy atom. The van der Waals surface area contributed by atoms with Crippen LogP contribution in [0.3, 0.4) is 0 Å². The van der Waals surface area contributed by atoms with Crippen LogP contribution in [0.4, 0.5) is 5.82 Å². The van der Waals surface area contributed by atoms with Crippen molar-refractivity contribution in [1.29, 1.82) is 5.26 Å². The Balaban J connectivity index is 1.32. The monoisotopic (exact) mass is 536 g/mol. The second kappa shape index (κ2) is 10.3. The predicted molar refractivity (Wildman–Crippen MR) is 143 cm³/mol. The maximum atomic E-state index is 13.3. The standard InChI is InChI=1S/C29H36N4O6/c1-18(34)29(4)17-33(27(35)25-16-37-28(2,3)39-25)15-22(29)20-6-7-23(36-5)24(11-20)38-21-13-32(14-21)26-10-19(12-30)8-9-31-26/h6-11,18,21-22,25,34H,13-17H2,1-5H3/t18-,22+,25+,29+/m1/s1. The van der Waals surface area contributed by atoms with E-state index in [0.29, 0.717) is 43.2 Å². The Kier molecular flexibility index (Phi) is 7.18. The van der Waals surface area contributed by atoms with E-state index in [4.69, 9.17) is 24.2 Å². The topological polar surface area (TPSA) is 117 Å².